The Morgan fingerprint density at radius 2 is 1.91 bits per heavy atom. The molecule has 2 rings (SSSR count). The zero-order chi connectivity index (χ0) is 17.1. The molecule has 23 heavy (non-hydrogen) atoms. The van der Waals surface area contributed by atoms with Gasteiger partial charge in [-0.15, -0.1) is 0 Å². The van der Waals surface area contributed by atoms with Crippen LogP contribution in [0.3, 0.4) is 0 Å². The van der Waals surface area contributed by atoms with Crippen molar-refractivity contribution in [1.82, 2.24) is 4.31 Å². The van der Waals surface area contributed by atoms with Gasteiger partial charge in [0.15, 0.2) is 0 Å². The minimum Gasteiger partial charge on any atom is -0.381 e. The summed E-state index contributed by atoms with van der Waals surface area (Å²) in [5, 5.41) is 0. The third-order valence-corrected chi connectivity index (χ3v) is 5.66. The molecule has 0 amide bonds. The highest BCUT2D eigenvalue weighted by Crippen LogP contribution is 2.30. The van der Waals surface area contributed by atoms with Gasteiger partial charge in [0.2, 0.25) is 10.0 Å². The lowest BCUT2D eigenvalue weighted by molar-refractivity contribution is -0.137. The Morgan fingerprint density at radius 3 is 2.39 bits per heavy atom. The molecule has 1 saturated heterocycles. The van der Waals surface area contributed by atoms with Gasteiger partial charge in [0.1, 0.15) is 0 Å². The number of alkyl halides is 3. The number of halogens is 3. The monoisotopic (exact) mass is 351 g/mol. The molecular formula is C15H20F3NO3S. The maximum absolute atomic E-state index is 12.7. The summed E-state index contributed by atoms with van der Waals surface area (Å²) in [6.07, 6.45) is -3.05. The van der Waals surface area contributed by atoms with Crippen LogP contribution in [0.25, 0.3) is 0 Å². The fourth-order valence-electron chi connectivity index (χ4n) is 2.54. The first-order valence-corrected chi connectivity index (χ1v) is 8.94. The fourth-order valence-corrected chi connectivity index (χ4v) is 4.15. The molecule has 0 bridgehead atoms. The van der Waals surface area contributed by atoms with Gasteiger partial charge in [-0.2, -0.15) is 17.5 Å². The zero-order valence-corrected chi connectivity index (χ0v) is 13.7. The van der Waals surface area contributed by atoms with Crippen molar-refractivity contribution in [1.29, 1.82) is 0 Å². The van der Waals surface area contributed by atoms with Crippen molar-refractivity contribution in [3.05, 3.63) is 29.8 Å². The van der Waals surface area contributed by atoms with E-state index in [-0.39, 0.29) is 10.8 Å². The average Bonchev–Trinajstić information content (AvgIpc) is 2.99. The Labute approximate surface area is 134 Å². The quantitative estimate of drug-likeness (QED) is 0.791. The standard InChI is InChI=1S/C15H20F3NO3S/c1-2-8-19(10-12-7-9-22-11-12)23(20,21)14-5-3-13(4-6-14)15(16,17)18/h3-6,12H,2,7-11H2,1H3. The number of benzene rings is 1. The van der Waals surface area contributed by atoms with Gasteiger partial charge < -0.3 is 4.74 Å². The Bertz CT molecular complexity index is 608. The van der Waals surface area contributed by atoms with Gasteiger partial charge in [0.25, 0.3) is 0 Å². The lowest BCUT2D eigenvalue weighted by atomic mass is 10.1. The van der Waals surface area contributed by atoms with E-state index in [9.17, 15) is 21.6 Å². The number of hydrogen-bond donors (Lipinski definition) is 0. The Hall–Kier alpha value is -1.12. The minimum atomic E-state index is -4.48. The van der Waals surface area contributed by atoms with E-state index in [0.29, 0.717) is 32.7 Å². The maximum Gasteiger partial charge on any atom is 0.416 e. The van der Waals surface area contributed by atoms with Crippen molar-refractivity contribution < 1.29 is 26.3 Å². The van der Waals surface area contributed by atoms with Crippen LogP contribution in [0.15, 0.2) is 29.2 Å². The van der Waals surface area contributed by atoms with Crippen LogP contribution in [-0.4, -0.2) is 39.0 Å². The van der Waals surface area contributed by atoms with Gasteiger partial charge in [-0.25, -0.2) is 8.42 Å². The first kappa shape index (κ1) is 18.2. The molecule has 1 aromatic rings. The second-order valence-corrected chi connectivity index (χ2v) is 7.55. The topological polar surface area (TPSA) is 46.6 Å². The van der Waals surface area contributed by atoms with E-state index >= 15 is 0 Å². The molecule has 0 N–H and O–H groups in total. The summed E-state index contributed by atoms with van der Waals surface area (Å²) in [7, 11) is -3.80. The van der Waals surface area contributed by atoms with Crippen molar-refractivity contribution >= 4 is 10.0 Å². The summed E-state index contributed by atoms with van der Waals surface area (Å²) in [5.74, 6) is 0.130. The molecule has 0 saturated carbocycles. The summed E-state index contributed by atoms with van der Waals surface area (Å²) in [5.41, 5.74) is -0.859. The number of rotatable bonds is 6. The Kier molecular flexibility index (Phi) is 5.70. The minimum absolute atomic E-state index is 0.113. The fraction of sp³-hybridized carbons (Fsp3) is 0.600. The van der Waals surface area contributed by atoms with Gasteiger partial charge in [-0.05, 0) is 43.0 Å². The van der Waals surface area contributed by atoms with E-state index in [2.05, 4.69) is 0 Å². The van der Waals surface area contributed by atoms with Crippen molar-refractivity contribution in [3.8, 4) is 0 Å². The van der Waals surface area contributed by atoms with Gasteiger partial charge in [-0.3, -0.25) is 0 Å². The lowest BCUT2D eigenvalue weighted by Crippen LogP contribution is -2.36. The molecule has 1 fully saturated rings. The van der Waals surface area contributed by atoms with Crippen LogP contribution in [0.5, 0.6) is 0 Å². The second-order valence-electron chi connectivity index (χ2n) is 5.61. The van der Waals surface area contributed by atoms with Crippen LogP contribution in [0.1, 0.15) is 25.3 Å². The zero-order valence-electron chi connectivity index (χ0n) is 12.8. The van der Waals surface area contributed by atoms with Crippen LogP contribution in [0, 0.1) is 5.92 Å². The van der Waals surface area contributed by atoms with E-state index in [0.717, 1.165) is 30.7 Å². The second kappa shape index (κ2) is 7.19. The molecule has 1 atom stereocenters. The smallest absolute Gasteiger partial charge is 0.381 e. The number of nitrogens with zero attached hydrogens (tertiary/aromatic N) is 1. The lowest BCUT2D eigenvalue weighted by Gasteiger charge is -2.24. The summed E-state index contributed by atoms with van der Waals surface area (Å²) in [6.45, 7) is 3.66. The van der Waals surface area contributed by atoms with Crippen molar-refractivity contribution in [2.45, 2.75) is 30.8 Å². The van der Waals surface area contributed by atoms with Gasteiger partial charge in [0, 0.05) is 19.7 Å². The molecule has 130 valence electrons. The van der Waals surface area contributed by atoms with Crippen molar-refractivity contribution in [3.63, 3.8) is 0 Å². The number of hydrogen-bond acceptors (Lipinski definition) is 3. The van der Waals surface area contributed by atoms with Gasteiger partial charge in [0.05, 0.1) is 17.1 Å². The van der Waals surface area contributed by atoms with Crippen LogP contribution >= 0.6 is 0 Å². The van der Waals surface area contributed by atoms with Crippen molar-refractivity contribution in [2.24, 2.45) is 5.92 Å². The largest absolute Gasteiger partial charge is 0.416 e. The molecule has 1 unspecified atom stereocenters. The molecule has 0 spiro atoms. The van der Waals surface area contributed by atoms with Crippen LogP contribution < -0.4 is 0 Å². The molecule has 4 nitrogen and oxygen atoms in total. The van der Waals surface area contributed by atoms with Gasteiger partial charge >= 0.3 is 6.18 Å². The number of ether oxygens (including phenoxy) is 1. The highest BCUT2D eigenvalue weighted by molar-refractivity contribution is 7.89. The Morgan fingerprint density at radius 1 is 1.26 bits per heavy atom. The average molecular weight is 351 g/mol. The summed E-state index contributed by atoms with van der Waals surface area (Å²) < 4.78 is 69.7. The van der Waals surface area contributed by atoms with E-state index in [1.165, 1.54) is 4.31 Å². The summed E-state index contributed by atoms with van der Waals surface area (Å²) in [4.78, 5) is -0.113. The third kappa shape index (κ3) is 4.45. The molecule has 8 heteroatoms. The molecule has 0 radical (unpaired) electrons. The van der Waals surface area contributed by atoms with E-state index in [4.69, 9.17) is 4.74 Å². The molecular weight excluding hydrogens is 331 g/mol. The van der Waals surface area contributed by atoms with Crippen LogP contribution in [0.4, 0.5) is 13.2 Å². The van der Waals surface area contributed by atoms with E-state index < -0.39 is 21.8 Å². The SMILES string of the molecule is CCCN(CC1CCOC1)S(=O)(=O)c1ccc(C(F)(F)F)cc1. The predicted molar refractivity (Wildman–Crippen MR) is 79.4 cm³/mol. The highest BCUT2D eigenvalue weighted by Gasteiger charge is 2.32. The normalized spacial score (nSPS) is 19.4. The molecule has 0 aliphatic carbocycles. The molecule has 1 aliphatic rings. The van der Waals surface area contributed by atoms with E-state index in [1.54, 1.807) is 0 Å². The Balaban J connectivity index is 2.22. The van der Waals surface area contributed by atoms with Gasteiger partial charge in [-0.1, -0.05) is 6.92 Å². The molecule has 1 aromatic carbocycles. The summed E-state index contributed by atoms with van der Waals surface area (Å²) in [6, 6.07) is 3.64. The first-order chi connectivity index (χ1) is 10.7. The molecule has 1 aliphatic heterocycles. The van der Waals surface area contributed by atoms with Crippen LogP contribution in [-0.2, 0) is 20.9 Å². The number of sulfonamides is 1. The summed E-state index contributed by atoms with van der Waals surface area (Å²) >= 11 is 0. The predicted octanol–water partition coefficient (Wildman–Crippen LogP) is 3.14. The molecule has 1 heterocycles. The highest BCUT2D eigenvalue weighted by atomic mass is 32.2. The molecule has 0 aromatic heterocycles. The third-order valence-electron chi connectivity index (χ3n) is 3.78. The van der Waals surface area contributed by atoms with E-state index in [1.807, 2.05) is 6.92 Å². The maximum atomic E-state index is 12.7. The van der Waals surface area contributed by atoms with Crippen molar-refractivity contribution in [2.75, 3.05) is 26.3 Å². The first-order valence-electron chi connectivity index (χ1n) is 7.50. The van der Waals surface area contributed by atoms with Crippen LogP contribution in [0.2, 0.25) is 0 Å².